The summed E-state index contributed by atoms with van der Waals surface area (Å²) in [6.45, 7) is 2.04. The molecule has 0 bridgehead atoms. The second-order valence-corrected chi connectivity index (χ2v) is 45.7. The van der Waals surface area contributed by atoms with Crippen molar-refractivity contribution in [3.63, 3.8) is 0 Å². The van der Waals surface area contributed by atoms with Crippen LogP contribution in [-0.4, -0.2) is 56.6 Å². The molecule has 712 valence electrons. The van der Waals surface area contributed by atoms with Gasteiger partial charge in [0.25, 0.3) is 0 Å². The first-order chi connectivity index (χ1) is 68.6. The van der Waals surface area contributed by atoms with Gasteiger partial charge >= 0.3 is 178 Å². The number of phenols is 5. The van der Waals surface area contributed by atoms with Gasteiger partial charge in [-0.2, -0.15) is 0 Å². The Morgan fingerprint density at radius 1 is 0.214 bits per heavy atom. The number of aliphatic imine (C=N–C) groups is 5. The Morgan fingerprint density at radius 2 is 0.386 bits per heavy atom. The molecular formula is C115H107Cl10N5O5Ti5. The van der Waals surface area contributed by atoms with Crippen LogP contribution in [0.15, 0.2) is 389 Å². The van der Waals surface area contributed by atoms with E-state index in [9.17, 15) is 25.5 Å². The van der Waals surface area contributed by atoms with Crippen molar-refractivity contribution in [2.45, 2.75) is 127 Å². The molecule has 5 N–H and O–H groups in total. The van der Waals surface area contributed by atoms with Gasteiger partial charge in [0.1, 0.15) is 28.7 Å². The molecule has 4 aliphatic carbocycles. The van der Waals surface area contributed by atoms with Gasteiger partial charge in [-0.05, 0) is 286 Å². The molecule has 0 aliphatic heterocycles. The van der Waals surface area contributed by atoms with E-state index in [0.29, 0.717) is 52.4 Å². The van der Waals surface area contributed by atoms with Crippen molar-refractivity contribution in [2.24, 2.45) is 25.0 Å². The van der Waals surface area contributed by atoms with E-state index in [1.54, 1.807) is 31.1 Å². The third-order valence-corrected chi connectivity index (χ3v) is 23.8. The molecule has 4 saturated carbocycles. The van der Waals surface area contributed by atoms with Crippen LogP contribution in [0.25, 0.3) is 55.6 Å². The second kappa shape index (κ2) is 65.5. The number of aromatic hydroxyl groups is 5. The Hall–Kier alpha value is -7.88. The van der Waals surface area contributed by atoms with Crippen molar-refractivity contribution in [1.82, 2.24) is 0 Å². The molecule has 10 nitrogen and oxygen atoms in total. The number of hydrogen-bond acceptors (Lipinski definition) is 10. The number of benzene rings is 15. The topological polar surface area (TPSA) is 163 Å². The van der Waals surface area contributed by atoms with Crippen molar-refractivity contribution in [3.05, 3.63) is 420 Å². The molecule has 0 unspecified atom stereocenters. The van der Waals surface area contributed by atoms with Crippen LogP contribution in [0.3, 0.4) is 0 Å². The van der Waals surface area contributed by atoms with Gasteiger partial charge in [0.15, 0.2) is 0 Å². The Labute approximate surface area is 908 Å². The summed E-state index contributed by atoms with van der Waals surface area (Å²) in [5, 5.41) is 53.8. The number of nitrogens with zero attached hydrogens (tertiary/aromatic N) is 5. The fourth-order valence-corrected chi connectivity index (χ4v) is 16.5. The van der Waals surface area contributed by atoms with Gasteiger partial charge in [-0.1, -0.05) is 288 Å². The predicted molar refractivity (Wildman–Crippen MR) is 580 cm³/mol. The van der Waals surface area contributed by atoms with Gasteiger partial charge in [-0.3, -0.25) is 25.0 Å². The predicted octanol–water partition coefficient (Wildman–Crippen LogP) is 37.3. The average molecular weight is 2230 g/mol. The first-order valence-corrected chi connectivity index (χ1v) is 67.5. The quantitative estimate of drug-likeness (QED) is 0.0378. The van der Waals surface area contributed by atoms with Crippen LogP contribution in [0.4, 0.5) is 28.4 Å². The van der Waals surface area contributed by atoms with Gasteiger partial charge in [0.2, 0.25) is 0 Å². The molecule has 4 aliphatic rings. The van der Waals surface area contributed by atoms with Crippen molar-refractivity contribution in [3.8, 4) is 84.4 Å². The zero-order valence-corrected chi connectivity index (χ0v) is 92.6. The summed E-state index contributed by atoms with van der Waals surface area (Å²) >= 11 is -2.78. The first kappa shape index (κ1) is 114. The fourth-order valence-electron chi connectivity index (χ4n) is 16.5. The maximum atomic E-state index is 11.0. The van der Waals surface area contributed by atoms with E-state index in [-0.39, 0.29) is 0 Å². The standard InChI is InChI=1S/C25H25NO.C24H23NO.C23H21NO.C22H19NO.C21H19NO.10ClH.5Ti/c27-25-22(18-26-23-14-8-3-9-15-23)16-21(19-10-4-1-5-11-19)17-24(25)20-12-6-2-7-13-20;26-24-21(17-25-22-13-5-2-6-14-22)15-20(18-9-3-1-4-10-18)16-23(24)19-11-7-8-12-19;25-23-20(16-24-21-12-5-2-6-13-21)14-19(17-8-3-1-4-9-17)15-22(23)18-10-7-11-18;24-22-19(15-23-20-9-5-2-6-10-20)13-18(14-21(22)17-11-12-17)16-7-3-1-4-8-16;1-2-16-13-18(17-9-5-3-6-10-17)14-19(21(16)23)15-22-20-11-7-4-8-12-20;;;;;;;;;;;;;;;/h1,3-5,8-11,14-18,20,27H,2,6-7,12-13H2;1-6,9-10,13-17,19,26H,7-8,11-12H2;1-6,8-9,12-16,18,25H,7,10-11H2;1-10,13-15,17,24H,11-12H2;3-15,23H,2H2,1H3;10*1H;;;;;/q;;;;;;;;;;;;;;;5*+2/p-10. The number of hydrogen-bond donors (Lipinski definition) is 5. The Balaban J connectivity index is 0.000000174. The van der Waals surface area contributed by atoms with E-state index in [4.69, 9.17) is 93.0 Å². The minimum atomic E-state index is -0.556. The molecule has 140 heavy (non-hydrogen) atoms. The molecule has 0 saturated heterocycles. The summed E-state index contributed by atoms with van der Waals surface area (Å²) in [4.78, 5) is 22.6. The van der Waals surface area contributed by atoms with Crippen LogP contribution in [0.5, 0.6) is 28.7 Å². The number of halogens is 10. The Kier molecular flexibility index (Phi) is 53.4. The van der Waals surface area contributed by atoms with Gasteiger partial charge in [-0.25, -0.2) is 0 Å². The SMILES string of the molecule is CCc1cc(-c2ccccc2)cc(C=Nc2ccccc2)c1O.Oc1c(C=Nc2ccccc2)cc(-c2ccccc2)cc1C1CC1.Oc1c(C=Nc2ccccc2)cc(-c2ccccc2)cc1C1CCC1.Oc1c(C=Nc2ccccc2)cc(-c2ccccc2)cc1C1CCCC1.Oc1c(C=Nc2ccccc2)cc(-c2ccccc2)cc1C1CCCCC1.[Cl][Ti][Cl].[Cl][Ti][Cl].[Cl][Ti][Cl].[Cl][Ti][Cl].[Cl][Ti][Cl]. The summed E-state index contributed by atoms with van der Waals surface area (Å²) in [6, 6.07) is 121. The summed E-state index contributed by atoms with van der Waals surface area (Å²) in [6.07, 6.45) is 26.4. The molecule has 0 aromatic heterocycles. The normalized spacial score (nSPS) is 13.1. The van der Waals surface area contributed by atoms with Crippen molar-refractivity contribution >= 4 is 153 Å². The third-order valence-electron chi connectivity index (χ3n) is 23.8. The average Bonchev–Trinajstić information content (AvgIpc) is 1.79. The zero-order valence-electron chi connectivity index (χ0n) is 77.2. The first-order valence-electron chi connectivity index (χ1n) is 46.0. The van der Waals surface area contributed by atoms with Gasteiger partial charge in [0.05, 0.1) is 28.4 Å². The molecule has 25 heteroatoms. The number of rotatable bonds is 20. The van der Waals surface area contributed by atoms with Crippen LogP contribution < -0.4 is 0 Å². The van der Waals surface area contributed by atoms with E-state index in [1.807, 2.05) is 262 Å². The molecule has 0 amide bonds. The minimum absolute atomic E-state index is 0.312. The molecule has 0 heterocycles. The van der Waals surface area contributed by atoms with Crippen LogP contribution in [-0.2, 0) is 91.6 Å². The molecule has 19 rings (SSSR count). The Morgan fingerprint density at radius 3 is 0.571 bits per heavy atom. The van der Waals surface area contributed by atoms with E-state index in [2.05, 4.69) is 134 Å². The summed E-state index contributed by atoms with van der Waals surface area (Å²) in [5.41, 5.74) is 24.9. The van der Waals surface area contributed by atoms with Crippen molar-refractivity contribution < 1.29 is 111 Å². The van der Waals surface area contributed by atoms with Gasteiger partial charge < -0.3 is 25.5 Å². The molecular weight excluding hydrogens is 2130 g/mol. The monoisotopic (exact) mass is 2230 g/mol. The molecule has 0 spiro atoms. The van der Waals surface area contributed by atoms with Gasteiger partial charge in [-0.15, -0.1) is 0 Å². The van der Waals surface area contributed by atoms with E-state index >= 15 is 0 Å². The van der Waals surface area contributed by atoms with E-state index in [1.165, 1.54) is 49.7 Å². The molecule has 4 fully saturated rings. The summed E-state index contributed by atoms with van der Waals surface area (Å²) < 4.78 is 0. The van der Waals surface area contributed by atoms with Crippen LogP contribution in [0, 0.1) is 0 Å². The molecule has 15 aromatic rings. The van der Waals surface area contributed by atoms with Crippen LogP contribution in [0.1, 0.15) is 176 Å². The third kappa shape index (κ3) is 37.9. The van der Waals surface area contributed by atoms with Crippen molar-refractivity contribution in [1.29, 1.82) is 0 Å². The summed E-state index contributed by atoms with van der Waals surface area (Å²) in [7, 11) is 48.9. The second-order valence-electron chi connectivity index (χ2n) is 32.8. The fraction of sp³-hybridized carbons (Fsp3) is 0.174. The van der Waals surface area contributed by atoms with Crippen molar-refractivity contribution in [2.75, 3.05) is 0 Å². The molecule has 0 atom stereocenters. The van der Waals surface area contributed by atoms with Crippen LogP contribution in [0.2, 0.25) is 0 Å². The molecule has 0 radical (unpaired) electrons. The van der Waals surface area contributed by atoms with E-state index in [0.717, 1.165) is 186 Å². The number of para-hydroxylation sites is 5. The van der Waals surface area contributed by atoms with Crippen LogP contribution >= 0.6 is 93.0 Å². The van der Waals surface area contributed by atoms with E-state index < -0.39 is 85.2 Å². The maximum absolute atomic E-state index is 11.0. The Bertz CT molecular complexity index is 6290. The zero-order chi connectivity index (χ0) is 99.3. The van der Waals surface area contributed by atoms with Gasteiger partial charge in [0, 0.05) is 58.9 Å². The number of aryl methyl sites for hydroxylation is 1. The molecule has 15 aromatic carbocycles. The number of phenolic OH excluding ortho intramolecular Hbond substituents is 5. The summed E-state index contributed by atoms with van der Waals surface area (Å²) in [5.74, 6) is 3.67.